The Kier molecular flexibility index (Phi) is 7.53. The van der Waals surface area contributed by atoms with Gasteiger partial charge in [0.2, 0.25) is 23.6 Å². The van der Waals surface area contributed by atoms with Gasteiger partial charge in [0.1, 0.15) is 0 Å². The fraction of sp³-hybridized carbons (Fsp3) is 0.818. The van der Waals surface area contributed by atoms with Gasteiger partial charge in [-0.1, -0.05) is 27.7 Å². The van der Waals surface area contributed by atoms with E-state index in [4.69, 9.17) is 0 Å². The van der Waals surface area contributed by atoms with Crippen molar-refractivity contribution in [1.29, 1.82) is 0 Å². The second-order valence-electron chi connectivity index (χ2n) is 9.69. The van der Waals surface area contributed by atoms with Crippen LogP contribution < -0.4 is 10.6 Å². The van der Waals surface area contributed by atoms with E-state index in [2.05, 4.69) is 10.6 Å². The summed E-state index contributed by atoms with van der Waals surface area (Å²) in [6, 6.07) is 0. The molecule has 0 radical (unpaired) electrons. The molecule has 2 atom stereocenters. The van der Waals surface area contributed by atoms with E-state index < -0.39 is 10.8 Å². The second-order valence-corrected chi connectivity index (χ2v) is 9.69. The van der Waals surface area contributed by atoms with Crippen molar-refractivity contribution in [3.8, 4) is 0 Å². The van der Waals surface area contributed by atoms with Crippen LogP contribution in [0.1, 0.15) is 53.4 Å². The zero-order valence-corrected chi connectivity index (χ0v) is 19.3. The Labute approximate surface area is 180 Å². The highest BCUT2D eigenvalue weighted by atomic mass is 16.2. The summed E-state index contributed by atoms with van der Waals surface area (Å²) in [6.07, 6.45) is 2.02. The van der Waals surface area contributed by atoms with Crippen molar-refractivity contribution < 1.29 is 19.2 Å². The first-order chi connectivity index (χ1) is 14.0. The predicted octanol–water partition coefficient (Wildman–Crippen LogP) is 1.01. The molecule has 4 amide bonds. The molecular formula is C22H38N4O4. The number of hydrogen-bond acceptors (Lipinski definition) is 4. The fourth-order valence-electron chi connectivity index (χ4n) is 4.61. The molecule has 0 aromatic rings. The molecule has 8 nitrogen and oxygen atoms in total. The highest BCUT2D eigenvalue weighted by molar-refractivity contribution is 5.93. The van der Waals surface area contributed by atoms with Gasteiger partial charge in [-0.2, -0.15) is 0 Å². The zero-order chi connectivity index (χ0) is 22.7. The summed E-state index contributed by atoms with van der Waals surface area (Å²) in [5, 5.41) is 5.61. The third kappa shape index (κ3) is 4.62. The highest BCUT2D eigenvalue weighted by Gasteiger charge is 2.49. The summed E-state index contributed by atoms with van der Waals surface area (Å²) in [5.41, 5.74) is -1.32. The molecule has 2 aliphatic rings. The van der Waals surface area contributed by atoms with Crippen molar-refractivity contribution in [2.75, 3.05) is 40.3 Å². The molecule has 0 aromatic heterocycles. The van der Waals surface area contributed by atoms with Crippen molar-refractivity contribution in [1.82, 2.24) is 20.4 Å². The average Bonchev–Trinajstić information content (AvgIpc) is 3.28. The Morgan fingerprint density at radius 3 is 1.37 bits per heavy atom. The molecule has 0 bridgehead atoms. The largest absolute Gasteiger partial charge is 0.355 e. The van der Waals surface area contributed by atoms with Gasteiger partial charge in [0.25, 0.3) is 0 Å². The summed E-state index contributed by atoms with van der Waals surface area (Å²) >= 11 is 0. The SMILES string of the molecule is CC(C)C1(C(=O)N(C)CCCCN(C)C(=O)C2(C(C)C)CNC(=O)C2)CNC(=O)C1. The number of amides is 4. The predicted molar refractivity (Wildman–Crippen MR) is 114 cm³/mol. The number of unbranched alkanes of at least 4 members (excludes halogenated alkanes) is 1. The fourth-order valence-corrected chi connectivity index (χ4v) is 4.61. The van der Waals surface area contributed by atoms with E-state index in [1.54, 1.807) is 23.9 Å². The van der Waals surface area contributed by atoms with Crippen LogP contribution in [0.5, 0.6) is 0 Å². The van der Waals surface area contributed by atoms with Crippen LogP contribution in [-0.4, -0.2) is 73.7 Å². The maximum Gasteiger partial charge on any atom is 0.231 e. The van der Waals surface area contributed by atoms with Gasteiger partial charge in [-0.3, -0.25) is 19.2 Å². The summed E-state index contributed by atoms with van der Waals surface area (Å²) in [6.45, 7) is 9.90. The number of nitrogens with one attached hydrogen (secondary N) is 2. The minimum absolute atomic E-state index is 0.00887. The maximum atomic E-state index is 13.0. The van der Waals surface area contributed by atoms with Gasteiger partial charge in [-0.15, -0.1) is 0 Å². The molecule has 2 rings (SSSR count). The van der Waals surface area contributed by atoms with Crippen LogP contribution in [0.15, 0.2) is 0 Å². The topological polar surface area (TPSA) is 98.8 Å². The zero-order valence-electron chi connectivity index (χ0n) is 19.3. The lowest BCUT2D eigenvalue weighted by Crippen LogP contribution is -2.47. The van der Waals surface area contributed by atoms with E-state index in [0.717, 1.165) is 12.8 Å². The van der Waals surface area contributed by atoms with Gasteiger partial charge in [-0.05, 0) is 24.7 Å². The lowest BCUT2D eigenvalue weighted by atomic mass is 9.75. The lowest BCUT2D eigenvalue weighted by Gasteiger charge is -2.35. The number of carbonyl (C=O) groups is 4. The maximum absolute atomic E-state index is 13.0. The average molecular weight is 423 g/mol. The highest BCUT2D eigenvalue weighted by Crippen LogP contribution is 2.37. The van der Waals surface area contributed by atoms with Crippen molar-refractivity contribution in [2.45, 2.75) is 53.4 Å². The summed E-state index contributed by atoms with van der Waals surface area (Å²) in [7, 11) is 3.57. The molecular weight excluding hydrogens is 384 g/mol. The summed E-state index contributed by atoms with van der Waals surface area (Å²) in [5.74, 6) is 0.0356. The third-order valence-electron chi connectivity index (χ3n) is 7.15. The number of nitrogens with zero attached hydrogens (tertiary/aromatic N) is 2. The number of hydrogen-bond donors (Lipinski definition) is 2. The Morgan fingerprint density at radius 1 is 0.800 bits per heavy atom. The van der Waals surface area contributed by atoms with E-state index >= 15 is 0 Å². The van der Waals surface area contributed by atoms with E-state index in [9.17, 15) is 19.2 Å². The second kappa shape index (κ2) is 9.35. The van der Waals surface area contributed by atoms with Crippen LogP contribution in [0, 0.1) is 22.7 Å². The van der Waals surface area contributed by atoms with Crippen molar-refractivity contribution in [3.63, 3.8) is 0 Å². The molecule has 0 saturated carbocycles. The first kappa shape index (κ1) is 24.2. The number of carbonyl (C=O) groups excluding carboxylic acids is 4. The van der Waals surface area contributed by atoms with Crippen molar-refractivity contribution in [3.05, 3.63) is 0 Å². The molecule has 30 heavy (non-hydrogen) atoms. The van der Waals surface area contributed by atoms with E-state index in [-0.39, 0.29) is 48.3 Å². The quantitative estimate of drug-likeness (QED) is 0.542. The third-order valence-corrected chi connectivity index (χ3v) is 7.15. The molecule has 2 unspecified atom stereocenters. The van der Waals surface area contributed by atoms with Gasteiger partial charge in [-0.25, -0.2) is 0 Å². The molecule has 2 N–H and O–H groups in total. The lowest BCUT2D eigenvalue weighted by molar-refractivity contribution is -0.144. The molecule has 0 aliphatic carbocycles. The van der Waals surface area contributed by atoms with Crippen LogP contribution >= 0.6 is 0 Å². The molecule has 170 valence electrons. The van der Waals surface area contributed by atoms with E-state index in [0.29, 0.717) is 26.2 Å². The Balaban J connectivity index is 1.85. The van der Waals surface area contributed by atoms with Crippen LogP contribution in [0.3, 0.4) is 0 Å². The molecule has 2 saturated heterocycles. The normalized spacial score (nSPS) is 26.1. The Bertz CT molecular complexity index is 635. The van der Waals surface area contributed by atoms with E-state index in [1.807, 2.05) is 27.7 Å². The van der Waals surface area contributed by atoms with Crippen molar-refractivity contribution >= 4 is 23.6 Å². The Morgan fingerprint density at radius 2 is 1.13 bits per heavy atom. The summed E-state index contributed by atoms with van der Waals surface area (Å²) in [4.78, 5) is 53.0. The first-order valence-electron chi connectivity index (χ1n) is 11.0. The monoisotopic (exact) mass is 422 g/mol. The number of rotatable bonds is 9. The van der Waals surface area contributed by atoms with Crippen LogP contribution in [-0.2, 0) is 19.2 Å². The van der Waals surface area contributed by atoms with Crippen molar-refractivity contribution in [2.24, 2.45) is 22.7 Å². The van der Waals surface area contributed by atoms with Gasteiger partial charge in [0.05, 0.1) is 10.8 Å². The van der Waals surface area contributed by atoms with Gasteiger partial charge in [0.15, 0.2) is 0 Å². The van der Waals surface area contributed by atoms with Gasteiger partial charge < -0.3 is 20.4 Å². The van der Waals surface area contributed by atoms with Gasteiger partial charge in [0, 0.05) is 53.1 Å². The molecule has 0 aromatic carbocycles. The standard InChI is InChI=1S/C22H38N4O4/c1-15(2)21(11-17(27)23-13-21)19(29)25(5)9-7-8-10-26(6)20(30)22(16(3)4)12-18(28)24-14-22/h15-16H,7-14H2,1-6H3,(H,23,27)(H,24,28). The molecule has 8 heteroatoms. The minimum atomic E-state index is -0.662. The summed E-state index contributed by atoms with van der Waals surface area (Å²) < 4.78 is 0. The molecule has 0 spiro atoms. The minimum Gasteiger partial charge on any atom is -0.355 e. The smallest absolute Gasteiger partial charge is 0.231 e. The van der Waals surface area contributed by atoms with Gasteiger partial charge >= 0.3 is 0 Å². The van der Waals surface area contributed by atoms with Crippen LogP contribution in [0.2, 0.25) is 0 Å². The molecule has 2 fully saturated rings. The van der Waals surface area contributed by atoms with Crippen LogP contribution in [0.4, 0.5) is 0 Å². The molecule has 2 aliphatic heterocycles. The first-order valence-corrected chi connectivity index (χ1v) is 11.0. The van der Waals surface area contributed by atoms with E-state index in [1.165, 1.54) is 0 Å². The molecule has 2 heterocycles. The van der Waals surface area contributed by atoms with Crippen LogP contribution in [0.25, 0.3) is 0 Å². The Hall–Kier alpha value is -2.12.